The van der Waals surface area contributed by atoms with Crippen LogP contribution < -0.4 is 4.74 Å². The van der Waals surface area contributed by atoms with Gasteiger partial charge in [-0.25, -0.2) is 0 Å². The van der Waals surface area contributed by atoms with E-state index in [1.165, 1.54) is 36.4 Å². The Labute approximate surface area is 137 Å². The number of hydrogen-bond acceptors (Lipinski definition) is 5. The number of methoxy groups -OCH3 is 1. The van der Waals surface area contributed by atoms with Gasteiger partial charge in [-0.05, 0) is 24.3 Å². The second-order valence-electron chi connectivity index (χ2n) is 5.03. The average molecular weight is 323 g/mol. The van der Waals surface area contributed by atoms with Crippen LogP contribution in [0, 0.1) is 10.1 Å². The topological polar surface area (TPSA) is 82.6 Å². The number of nitro benzene ring substituents is 1. The molecule has 24 heavy (non-hydrogen) atoms. The van der Waals surface area contributed by atoms with Crippen molar-refractivity contribution in [3.8, 4) is 5.75 Å². The second kappa shape index (κ2) is 6.37. The molecule has 1 heterocycles. The van der Waals surface area contributed by atoms with Crippen molar-refractivity contribution in [1.29, 1.82) is 0 Å². The second-order valence-corrected chi connectivity index (χ2v) is 5.03. The molecule has 0 radical (unpaired) electrons. The molecule has 0 saturated carbocycles. The number of furan rings is 1. The van der Waals surface area contributed by atoms with Crippen molar-refractivity contribution in [1.82, 2.24) is 0 Å². The van der Waals surface area contributed by atoms with Crippen LogP contribution >= 0.6 is 0 Å². The Balaban J connectivity index is 1.86. The van der Waals surface area contributed by atoms with Crippen molar-refractivity contribution in [2.75, 3.05) is 7.11 Å². The van der Waals surface area contributed by atoms with E-state index in [0.29, 0.717) is 17.1 Å². The van der Waals surface area contributed by atoms with Gasteiger partial charge in [0.05, 0.1) is 12.0 Å². The molecule has 0 aliphatic heterocycles. The minimum absolute atomic E-state index is 0.122. The van der Waals surface area contributed by atoms with E-state index in [0.717, 1.165) is 5.39 Å². The molecular formula is C18H13NO5. The number of carbonyl (C=O) groups excluding carboxylic acids is 1. The third kappa shape index (κ3) is 3.03. The molecule has 120 valence electrons. The highest BCUT2D eigenvalue weighted by molar-refractivity contribution is 6.07. The van der Waals surface area contributed by atoms with Gasteiger partial charge in [-0.3, -0.25) is 14.9 Å². The summed E-state index contributed by atoms with van der Waals surface area (Å²) in [6.07, 6.45) is 2.85. The number of fused-ring (bicyclic) bond motifs is 1. The first kappa shape index (κ1) is 15.5. The van der Waals surface area contributed by atoms with Gasteiger partial charge in [0.25, 0.3) is 5.69 Å². The van der Waals surface area contributed by atoms with Crippen molar-refractivity contribution in [3.63, 3.8) is 0 Å². The normalized spacial score (nSPS) is 11.0. The quantitative estimate of drug-likeness (QED) is 0.303. The van der Waals surface area contributed by atoms with Crippen molar-refractivity contribution < 1.29 is 18.9 Å². The highest BCUT2D eigenvalue weighted by atomic mass is 16.6. The predicted octanol–water partition coefficient (Wildman–Crippen LogP) is 4.25. The smallest absolute Gasteiger partial charge is 0.270 e. The van der Waals surface area contributed by atoms with Gasteiger partial charge in [0.1, 0.15) is 5.76 Å². The van der Waals surface area contributed by atoms with Gasteiger partial charge >= 0.3 is 0 Å². The number of allylic oxidation sites excluding steroid dienone is 1. The van der Waals surface area contributed by atoms with E-state index in [9.17, 15) is 14.9 Å². The van der Waals surface area contributed by atoms with Crippen LogP contribution in [0.4, 0.5) is 5.69 Å². The summed E-state index contributed by atoms with van der Waals surface area (Å²) in [4.78, 5) is 22.4. The summed E-state index contributed by atoms with van der Waals surface area (Å²) in [6.45, 7) is 0. The third-order valence-corrected chi connectivity index (χ3v) is 3.49. The number of non-ortho nitro benzene ring substituents is 1. The zero-order valence-corrected chi connectivity index (χ0v) is 12.8. The summed E-state index contributed by atoms with van der Waals surface area (Å²) in [5.41, 5.74) is 0.722. The molecule has 0 aliphatic carbocycles. The third-order valence-electron chi connectivity index (χ3n) is 3.49. The molecule has 0 saturated heterocycles. The summed E-state index contributed by atoms with van der Waals surface area (Å²) in [7, 11) is 1.55. The Hall–Kier alpha value is -3.41. The molecule has 0 N–H and O–H groups in total. The van der Waals surface area contributed by atoms with Crippen LogP contribution in [-0.2, 0) is 0 Å². The van der Waals surface area contributed by atoms with Crippen molar-refractivity contribution in [2.45, 2.75) is 0 Å². The van der Waals surface area contributed by atoms with Gasteiger partial charge in [-0.2, -0.15) is 0 Å². The minimum atomic E-state index is -0.536. The molecule has 3 rings (SSSR count). The number of nitro groups is 1. The first-order valence-corrected chi connectivity index (χ1v) is 7.12. The summed E-state index contributed by atoms with van der Waals surface area (Å²) >= 11 is 0. The van der Waals surface area contributed by atoms with Crippen LogP contribution in [-0.4, -0.2) is 17.8 Å². The monoisotopic (exact) mass is 323 g/mol. The standard InChI is InChI=1S/C18H13NO5/c1-23-17-7-3-5-13-11-15(24-18(13)17)8-9-16(20)12-4-2-6-14(10-12)19(21)22/h2-11H,1H3/b9-8+. The van der Waals surface area contributed by atoms with Crippen LogP contribution in [0.3, 0.4) is 0 Å². The first-order valence-electron chi connectivity index (χ1n) is 7.12. The molecule has 0 unspecified atom stereocenters. The minimum Gasteiger partial charge on any atom is -0.493 e. The molecule has 0 amide bonds. The van der Waals surface area contributed by atoms with Crippen molar-refractivity contribution in [2.24, 2.45) is 0 Å². The van der Waals surface area contributed by atoms with Gasteiger partial charge < -0.3 is 9.15 Å². The maximum Gasteiger partial charge on any atom is 0.270 e. The highest BCUT2D eigenvalue weighted by Crippen LogP contribution is 2.29. The fraction of sp³-hybridized carbons (Fsp3) is 0.0556. The maximum absolute atomic E-state index is 12.2. The van der Waals surface area contributed by atoms with E-state index in [1.807, 2.05) is 12.1 Å². The number of para-hydroxylation sites is 1. The molecule has 0 fully saturated rings. The Morgan fingerprint density at radius 3 is 2.75 bits per heavy atom. The number of ether oxygens (including phenoxy) is 1. The lowest BCUT2D eigenvalue weighted by Gasteiger charge is -1.98. The van der Waals surface area contributed by atoms with Crippen LogP contribution in [0.5, 0.6) is 5.75 Å². The number of benzene rings is 2. The molecule has 6 heteroatoms. The molecule has 3 aromatic rings. The first-order chi connectivity index (χ1) is 11.6. The van der Waals surface area contributed by atoms with Crippen LogP contribution in [0.15, 0.2) is 59.0 Å². The summed E-state index contributed by atoms with van der Waals surface area (Å²) in [5.74, 6) is 0.761. The predicted molar refractivity (Wildman–Crippen MR) is 89.2 cm³/mol. The van der Waals surface area contributed by atoms with Gasteiger partial charge in [0.15, 0.2) is 17.1 Å². The fourth-order valence-electron chi connectivity index (χ4n) is 2.33. The number of ketones is 1. The molecule has 0 atom stereocenters. The van der Waals surface area contributed by atoms with E-state index >= 15 is 0 Å². The van der Waals surface area contributed by atoms with E-state index in [2.05, 4.69) is 0 Å². The van der Waals surface area contributed by atoms with Crippen molar-refractivity contribution in [3.05, 3.63) is 76.0 Å². The van der Waals surface area contributed by atoms with E-state index in [-0.39, 0.29) is 17.0 Å². The summed E-state index contributed by atoms with van der Waals surface area (Å²) in [5, 5.41) is 11.6. The fourth-order valence-corrected chi connectivity index (χ4v) is 2.33. The SMILES string of the molecule is COc1cccc2cc(/C=C/C(=O)c3cccc([N+](=O)[O-])c3)oc12. The maximum atomic E-state index is 12.2. The van der Waals surface area contributed by atoms with Gasteiger partial charge in [-0.1, -0.05) is 24.3 Å². The van der Waals surface area contributed by atoms with Gasteiger partial charge in [0.2, 0.25) is 0 Å². The lowest BCUT2D eigenvalue weighted by molar-refractivity contribution is -0.384. The molecule has 0 bridgehead atoms. The molecular weight excluding hydrogens is 310 g/mol. The Kier molecular flexibility index (Phi) is 4.11. The summed E-state index contributed by atoms with van der Waals surface area (Å²) in [6, 6.07) is 12.9. The van der Waals surface area contributed by atoms with E-state index < -0.39 is 4.92 Å². The average Bonchev–Trinajstić information content (AvgIpc) is 3.02. The number of carbonyl (C=O) groups is 1. The largest absolute Gasteiger partial charge is 0.493 e. The number of rotatable bonds is 5. The molecule has 0 aliphatic rings. The molecule has 6 nitrogen and oxygen atoms in total. The van der Waals surface area contributed by atoms with E-state index in [4.69, 9.17) is 9.15 Å². The highest BCUT2D eigenvalue weighted by Gasteiger charge is 2.10. The Bertz CT molecular complexity index is 955. The Morgan fingerprint density at radius 1 is 1.21 bits per heavy atom. The number of nitrogens with zero attached hydrogens (tertiary/aromatic N) is 1. The molecule has 1 aromatic heterocycles. The van der Waals surface area contributed by atoms with Crippen LogP contribution in [0.1, 0.15) is 16.1 Å². The summed E-state index contributed by atoms with van der Waals surface area (Å²) < 4.78 is 10.9. The molecule has 0 spiro atoms. The molecule has 2 aromatic carbocycles. The van der Waals surface area contributed by atoms with Gasteiger partial charge in [0, 0.05) is 23.1 Å². The lowest BCUT2D eigenvalue weighted by atomic mass is 10.1. The Morgan fingerprint density at radius 2 is 2.00 bits per heavy atom. The van der Waals surface area contributed by atoms with E-state index in [1.54, 1.807) is 19.2 Å². The van der Waals surface area contributed by atoms with Crippen molar-refractivity contribution >= 4 is 28.5 Å². The lowest BCUT2D eigenvalue weighted by Crippen LogP contribution is -1.96. The van der Waals surface area contributed by atoms with Crippen LogP contribution in [0.2, 0.25) is 0 Å². The van der Waals surface area contributed by atoms with Crippen LogP contribution in [0.25, 0.3) is 17.0 Å². The number of hydrogen-bond donors (Lipinski definition) is 0. The van der Waals surface area contributed by atoms with Gasteiger partial charge in [-0.15, -0.1) is 0 Å². The zero-order valence-electron chi connectivity index (χ0n) is 12.8. The zero-order chi connectivity index (χ0) is 17.1.